The minimum absolute atomic E-state index is 0.188. The Morgan fingerprint density at radius 3 is 2.68 bits per heavy atom. The van der Waals surface area contributed by atoms with Crippen LogP contribution in [0.2, 0.25) is 0 Å². The number of halogens is 1. The zero-order chi connectivity index (χ0) is 21.5. The number of carbonyl (C=O) groups excluding carboxylic acids is 1. The van der Waals surface area contributed by atoms with Crippen molar-refractivity contribution >= 4 is 35.1 Å². The van der Waals surface area contributed by atoms with Gasteiger partial charge in [-0.3, -0.25) is 14.3 Å². The fourth-order valence-electron chi connectivity index (χ4n) is 2.75. The maximum absolute atomic E-state index is 13.4. The standard InChI is InChI=1S/C22H18FN5OS2/c23-17-3-5-18(6-4-17)28-20(14-25-21(29)8-7-19-2-1-13-30-19)26-27-22(28)31-15-16-9-11-24-12-10-16/h1-13H,14-15H2,(H,25,29). The van der Waals surface area contributed by atoms with Crippen molar-refractivity contribution < 1.29 is 9.18 Å². The van der Waals surface area contributed by atoms with Crippen molar-refractivity contribution in [3.05, 3.63) is 94.5 Å². The molecular weight excluding hydrogens is 433 g/mol. The Labute approximate surface area is 186 Å². The molecule has 0 aliphatic heterocycles. The first-order chi connectivity index (χ1) is 15.2. The van der Waals surface area contributed by atoms with E-state index in [9.17, 15) is 9.18 Å². The Kier molecular flexibility index (Phi) is 6.85. The highest BCUT2D eigenvalue weighted by Crippen LogP contribution is 2.25. The molecule has 6 nitrogen and oxygen atoms in total. The van der Waals surface area contributed by atoms with Crippen LogP contribution in [0.1, 0.15) is 16.3 Å². The van der Waals surface area contributed by atoms with E-state index in [1.54, 1.807) is 41.9 Å². The molecule has 0 aliphatic rings. The van der Waals surface area contributed by atoms with E-state index in [1.807, 2.05) is 34.2 Å². The molecule has 0 aliphatic carbocycles. The predicted molar refractivity (Wildman–Crippen MR) is 120 cm³/mol. The fraction of sp³-hybridized carbons (Fsp3) is 0.0909. The monoisotopic (exact) mass is 451 g/mol. The third-order valence-corrected chi connectivity index (χ3v) is 6.10. The molecule has 0 spiro atoms. The van der Waals surface area contributed by atoms with Gasteiger partial charge in [0, 0.05) is 34.8 Å². The van der Waals surface area contributed by atoms with Gasteiger partial charge in [0.15, 0.2) is 11.0 Å². The molecule has 1 amide bonds. The van der Waals surface area contributed by atoms with Crippen molar-refractivity contribution in [1.29, 1.82) is 0 Å². The number of nitrogens with zero attached hydrogens (tertiary/aromatic N) is 4. The van der Waals surface area contributed by atoms with Crippen molar-refractivity contribution in [3.8, 4) is 5.69 Å². The van der Waals surface area contributed by atoms with Gasteiger partial charge >= 0.3 is 0 Å². The fourth-order valence-corrected chi connectivity index (χ4v) is 4.30. The van der Waals surface area contributed by atoms with E-state index < -0.39 is 0 Å². The minimum atomic E-state index is -0.323. The molecule has 0 fully saturated rings. The van der Waals surface area contributed by atoms with Gasteiger partial charge in [-0.2, -0.15) is 0 Å². The zero-order valence-electron chi connectivity index (χ0n) is 16.3. The summed E-state index contributed by atoms with van der Waals surface area (Å²) in [6.07, 6.45) is 6.74. The topological polar surface area (TPSA) is 72.7 Å². The van der Waals surface area contributed by atoms with Crippen LogP contribution in [0, 0.1) is 5.82 Å². The predicted octanol–water partition coefficient (Wildman–Crippen LogP) is 4.48. The zero-order valence-corrected chi connectivity index (χ0v) is 17.9. The lowest BCUT2D eigenvalue weighted by Crippen LogP contribution is -2.22. The highest BCUT2D eigenvalue weighted by atomic mass is 32.2. The molecule has 0 bridgehead atoms. The van der Waals surface area contributed by atoms with Crippen molar-refractivity contribution in [2.24, 2.45) is 0 Å². The maximum atomic E-state index is 13.4. The van der Waals surface area contributed by atoms with Crippen LogP contribution in [0.25, 0.3) is 11.8 Å². The molecule has 0 atom stereocenters. The van der Waals surface area contributed by atoms with E-state index in [-0.39, 0.29) is 18.3 Å². The normalized spacial score (nSPS) is 11.1. The number of pyridine rings is 1. The summed E-state index contributed by atoms with van der Waals surface area (Å²) in [6.45, 7) is 0.188. The Morgan fingerprint density at radius 2 is 1.94 bits per heavy atom. The van der Waals surface area contributed by atoms with E-state index in [2.05, 4.69) is 20.5 Å². The second-order valence-corrected chi connectivity index (χ2v) is 8.34. The number of nitrogens with one attached hydrogen (secondary N) is 1. The van der Waals surface area contributed by atoms with Gasteiger partial charge in [-0.25, -0.2) is 4.39 Å². The quantitative estimate of drug-likeness (QED) is 0.316. The molecule has 0 saturated heterocycles. The van der Waals surface area contributed by atoms with Crippen LogP contribution in [0.5, 0.6) is 0 Å². The van der Waals surface area contributed by atoms with E-state index in [0.717, 1.165) is 16.1 Å². The summed E-state index contributed by atoms with van der Waals surface area (Å²) in [7, 11) is 0. The minimum Gasteiger partial charge on any atom is -0.345 e. The molecule has 0 unspecified atom stereocenters. The Bertz CT molecular complexity index is 1160. The number of carbonyl (C=O) groups is 1. The van der Waals surface area contributed by atoms with Crippen LogP contribution >= 0.6 is 23.1 Å². The number of hydrogen-bond acceptors (Lipinski definition) is 6. The third kappa shape index (κ3) is 5.65. The number of rotatable bonds is 8. The summed E-state index contributed by atoms with van der Waals surface area (Å²) < 4.78 is 15.3. The summed E-state index contributed by atoms with van der Waals surface area (Å²) >= 11 is 3.06. The molecule has 1 aromatic carbocycles. The largest absolute Gasteiger partial charge is 0.345 e. The van der Waals surface area contributed by atoms with Crippen LogP contribution in [0.15, 0.2) is 77.5 Å². The SMILES string of the molecule is O=C(C=Cc1cccs1)NCc1nnc(SCc2ccncc2)n1-c1ccc(F)cc1. The molecule has 4 aromatic rings. The summed E-state index contributed by atoms with van der Waals surface area (Å²) in [6, 6.07) is 13.8. The second-order valence-electron chi connectivity index (χ2n) is 6.42. The van der Waals surface area contributed by atoms with Gasteiger partial charge in [-0.15, -0.1) is 21.5 Å². The van der Waals surface area contributed by atoms with E-state index in [1.165, 1.54) is 30.0 Å². The van der Waals surface area contributed by atoms with Crippen LogP contribution in [-0.4, -0.2) is 25.7 Å². The van der Waals surface area contributed by atoms with Gasteiger partial charge in [-0.1, -0.05) is 17.8 Å². The maximum Gasteiger partial charge on any atom is 0.244 e. The average molecular weight is 452 g/mol. The van der Waals surface area contributed by atoms with Gasteiger partial charge in [-0.05, 0) is 59.5 Å². The lowest BCUT2D eigenvalue weighted by molar-refractivity contribution is -0.116. The van der Waals surface area contributed by atoms with Crippen LogP contribution in [0.3, 0.4) is 0 Å². The summed E-state index contributed by atoms with van der Waals surface area (Å²) in [5.41, 5.74) is 1.82. The lowest BCUT2D eigenvalue weighted by Gasteiger charge is -2.10. The molecule has 1 N–H and O–H groups in total. The molecule has 0 radical (unpaired) electrons. The van der Waals surface area contributed by atoms with E-state index in [0.29, 0.717) is 16.7 Å². The van der Waals surface area contributed by atoms with Crippen molar-refractivity contribution in [1.82, 2.24) is 25.1 Å². The summed E-state index contributed by atoms with van der Waals surface area (Å²) in [5, 5.41) is 14.0. The van der Waals surface area contributed by atoms with Gasteiger partial charge in [0.05, 0.1) is 6.54 Å². The number of thiophene rings is 1. The van der Waals surface area contributed by atoms with Crippen LogP contribution < -0.4 is 5.32 Å². The first-order valence-corrected chi connectivity index (χ1v) is 11.3. The molecule has 156 valence electrons. The van der Waals surface area contributed by atoms with E-state index in [4.69, 9.17) is 0 Å². The Hall–Kier alpha value is -3.30. The first-order valence-electron chi connectivity index (χ1n) is 9.40. The van der Waals surface area contributed by atoms with Gasteiger partial charge in [0.2, 0.25) is 5.91 Å². The number of benzene rings is 1. The van der Waals surface area contributed by atoms with Crippen molar-refractivity contribution in [2.75, 3.05) is 0 Å². The number of aromatic nitrogens is 4. The number of amides is 1. The van der Waals surface area contributed by atoms with Crippen molar-refractivity contribution in [2.45, 2.75) is 17.5 Å². The molecule has 31 heavy (non-hydrogen) atoms. The van der Waals surface area contributed by atoms with Gasteiger partial charge in [0.25, 0.3) is 0 Å². The van der Waals surface area contributed by atoms with Gasteiger partial charge < -0.3 is 5.32 Å². The van der Waals surface area contributed by atoms with Gasteiger partial charge in [0.1, 0.15) is 5.82 Å². The highest BCUT2D eigenvalue weighted by Gasteiger charge is 2.15. The van der Waals surface area contributed by atoms with E-state index >= 15 is 0 Å². The molecular formula is C22H18FN5OS2. The van der Waals surface area contributed by atoms with Crippen molar-refractivity contribution in [3.63, 3.8) is 0 Å². The first kappa shape index (κ1) is 21.0. The molecule has 3 heterocycles. The second kappa shape index (κ2) is 10.1. The number of hydrogen-bond donors (Lipinski definition) is 1. The average Bonchev–Trinajstić information content (AvgIpc) is 3.46. The summed E-state index contributed by atoms with van der Waals surface area (Å²) in [4.78, 5) is 17.2. The Morgan fingerprint density at radius 1 is 1.13 bits per heavy atom. The molecule has 0 saturated carbocycles. The number of thioether (sulfide) groups is 1. The van der Waals surface area contributed by atoms with Crippen LogP contribution in [0.4, 0.5) is 4.39 Å². The molecule has 4 rings (SSSR count). The summed E-state index contributed by atoms with van der Waals surface area (Å²) in [5.74, 6) is 0.684. The third-order valence-electron chi connectivity index (χ3n) is 4.27. The lowest BCUT2D eigenvalue weighted by atomic mass is 10.3. The Balaban J connectivity index is 1.51. The van der Waals surface area contributed by atoms with Crippen LogP contribution in [-0.2, 0) is 17.1 Å². The molecule has 3 aromatic heterocycles. The molecule has 9 heteroatoms. The highest BCUT2D eigenvalue weighted by molar-refractivity contribution is 7.98. The smallest absolute Gasteiger partial charge is 0.244 e.